The van der Waals surface area contributed by atoms with E-state index in [1.807, 2.05) is 24.3 Å². The minimum atomic E-state index is -1.60. The summed E-state index contributed by atoms with van der Waals surface area (Å²) >= 11 is 6.42. The van der Waals surface area contributed by atoms with Gasteiger partial charge in [0, 0.05) is 10.9 Å². The average molecular weight is 349 g/mol. The van der Waals surface area contributed by atoms with Crippen molar-refractivity contribution in [1.82, 2.24) is 0 Å². The molecule has 0 bridgehead atoms. The van der Waals surface area contributed by atoms with Gasteiger partial charge in [-0.3, -0.25) is 0 Å². The molecule has 0 heterocycles. The quantitative estimate of drug-likeness (QED) is 0.823. The molecule has 3 rings (SSSR count). The molecule has 0 aromatic heterocycles. The maximum Gasteiger partial charge on any atom is 0.191 e. The highest BCUT2D eigenvalue weighted by Gasteiger charge is 2.54. The number of fused-ring (bicyclic) bond motifs is 1. The van der Waals surface area contributed by atoms with Crippen molar-refractivity contribution in [3.8, 4) is 18.2 Å². The lowest BCUT2D eigenvalue weighted by atomic mass is 9.56. The van der Waals surface area contributed by atoms with Gasteiger partial charge in [-0.1, -0.05) is 42.8 Å². The normalized spacial score (nSPS) is 27.3. The number of rotatable bonds is 1. The Hall–Kier alpha value is -2.74. The summed E-state index contributed by atoms with van der Waals surface area (Å²) < 4.78 is 0. The van der Waals surface area contributed by atoms with Crippen molar-refractivity contribution in [1.29, 1.82) is 15.8 Å². The molecule has 0 amide bonds. The lowest BCUT2D eigenvalue weighted by Gasteiger charge is -2.44. The van der Waals surface area contributed by atoms with E-state index in [1.54, 1.807) is 6.07 Å². The zero-order valence-electron chi connectivity index (χ0n) is 13.8. The molecule has 3 atom stereocenters. The number of benzene rings is 1. The molecule has 0 saturated carbocycles. The number of nitrogens with zero attached hydrogens (tertiary/aromatic N) is 3. The molecule has 0 unspecified atom stereocenters. The Bertz CT molecular complexity index is 893. The van der Waals surface area contributed by atoms with Crippen molar-refractivity contribution >= 4 is 11.6 Å². The van der Waals surface area contributed by atoms with E-state index >= 15 is 0 Å². The molecule has 2 aliphatic rings. The SMILES string of the molecule is C[C@@H]1CC=C2C(C#N)=C(N)C(C#N)(C#N)[C@H](c3ccccc3Cl)[C@@H]2C1. The van der Waals surface area contributed by atoms with Crippen molar-refractivity contribution in [3.63, 3.8) is 0 Å². The second-order valence-corrected chi connectivity index (χ2v) is 7.18. The fraction of sp³-hybridized carbons (Fsp3) is 0.350. The Balaban J connectivity index is 2.37. The number of hydrogen-bond acceptors (Lipinski definition) is 4. The Labute approximate surface area is 152 Å². The first-order valence-corrected chi connectivity index (χ1v) is 8.55. The van der Waals surface area contributed by atoms with Gasteiger partial charge >= 0.3 is 0 Å². The largest absolute Gasteiger partial charge is 0.399 e. The maximum absolute atomic E-state index is 9.95. The number of hydrogen-bond donors (Lipinski definition) is 1. The van der Waals surface area contributed by atoms with Gasteiger partial charge in [-0.25, -0.2) is 0 Å². The molecule has 0 radical (unpaired) electrons. The van der Waals surface area contributed by atoms with Crippen molar-refractivity contribution < 1.29 is 0 Å². The molecule has 0 spiro atoms. The van der Waals surface area contributed by atoms with Crippen LogP contribution in [0.3, 0.4) is 0 Å². The van der Waals surface area contributed by atoms with Gasteiger partial charge in [-0.05, 0) is 41.9 Å². The van der Waals surface area contributed by atoms with Gasteiger partial charge < -0.3 is 5.73 Å². The third kappa shape index (κ3) is 2.41. The first kappa shape index (κ1) is 17.1. The highest BCUT2D eigenvalue weighted by molar-refractivity contribution is 6.31. The highest BCUT2D eigenvalue weighted by Crippen LogP contribution is 2.57. The van der Waals surface area contributed by atoms with E-state index in [4.69, 9.17) is 17.3 Å². The standard InChI is InChI=1S/C20H17ClN4/c1-12-6-7-13-15(8-12)18(14-4-2-3-5-17(14)21)20(10-23,11-24)19(25)16(13)9-22/h2-5,7,12,15,18H,6,8,25H2,1H3/t12-,15-,18-/m1/s1. The topological polar surface area (TPSA) is 97.4 Å². The van der Waals surface area contributed by atoms with E-state index in [2.05, 4.69) is 25.1 Å². The summed E-state index contributed by atoms with van der Waals surface area (Å²) in [6.45, 7) is 2.13. The summed E-state index contributed by atoms with van der Waals surface area (Å²) in [4.78, 5) is 0. The van der Waals surface area contributed by atoms with Crippen LogP contribution in [0.25, 0.3) is 0 Å². The molecule has 1 aromatic rings. The number of nitrogens with two attached hydrogens (primary N) is 1. The molecule has 25 heavy (non-hydrogen) atoms. The van der Waals surface area contributed by atoms with Crippen LogP contribution in [0, 0.1) is 51.2 Å². The summed E-state index contributed by atoms with van der Waals surface area (Å²) in [6, 6.07) is 13.6. The summed E-state index contributed by atoms with van der Waals surface area (Å²) in [7, 11) is 0. The first-order valence-electron chi connectivity index (χ1n) is 8.17. The van der Waals surface area contributed by atoms with Crippen LogP contribution in [0.4, 0.5) is 0 Å². The molecule has 0 fully saturated rings. The number of nitriles is 3. The minimum Gasteiger partial charge on any atom is -0.399 e. The van der Waals surface area contributed by atoms with Crippen LogP contribution in [0.2, 0.25) is 5.02 Å². The van der Waals surface area contributed by atoms with Gasteiger partial charge in [0.25, 0.3) is 0 Å². The molecule has 0 saturated heterocycles. The fourth-order valence-corrected chi connectivity index (χ4v) is 4.40. The van der Waals surface area contributed by atoms with E-state index < -0.39 is 11.3 Å². The number of halogens is 1. The zero-order valence-corrected chi connectivity index (χ0v) is 14.6. The van der Waals surface area contributed by atoms with E-state index in [0.29, 0.717) is 10.9 Å². The molecule has 4 nitrogen and oxygen atoms in total. The van der Waals surface area contributed by atoms with Gasteiger partial charge in [0.15, 0.2) is 5.41 Å². The summed E-state index contributed by atoms with van der Waals surface area (Å²) in [5.74, 6) is -0.236. The second-order valence-electron chi connectivity index (χ2n) is 6.77. The van der Waals surface area contributed by atoms with Crippen molar-refractivity contribution in [3.05, 3.63) is 57.8 Å². The van der Waals surface area contributed by atoms with Gasteiger partial charge in [0.2, 0.25) is 0 Å². The lowest BCUT2D eigenvalue weighted by molar-refractivity contribution is 0.284. The monoisotopic (exact) mass is 348 g/mol. The molecule has 0 aliphatic heterocycles. The predicted molar refractivity (Wildman–Crippen MR) is 94.6 cm³/mol. The summed E-state index contributed by atoms with van der Waals surface area (Å²) in [6.07, 6.45) is 3.67. The van der Waals surface area contributed by atoms with Gasteiger partial charge in [0.1, 0.15) is 6.07 Å². The van der Waals surface area contributed by atoms with Crippen molar-refractivity contribution in [2.45, 2.75) is 25.7 Å². The average Bonchev–Trinajstić information content (AvgIpc) is 2.62. The van der Waals surface area contributed by atoms with Gasteiger partial charge in [-0.15, -0.1) is 0 Å². The molecular weight excluding hydrogens is 332 g/mol. The molecule has 2 aliphatic carbocycles. The van der Waals surface area contributed by atoms with Crippen LogP contribution in [0.1, 0.15) is 31.2 Å². The van der Waals surface area contributed by atoms with Gasteiger partial charge in [0.05, 0.1) is 23.4 Å². The van der Waals surface area contributed by atoms with Crippen LogP contribution < -0.4 is 5.73 Å². The summed E-state index contributed by atoms with van der Waals surface area (Å²) in [5.41, 5.74) is 6.54. The second kappa shape index (κ2) is 6.29. The highest BCUT2D eigenvalue weighted by atomic mass is 35.5. The lowest BCUT2D eigenvalue weighted by Crippen LogP contribution is -2.43. The van der Waals surface area contributed by atoms with Crippen LogP contribution in [-0.4, -0.2) is 0 Å². The van der Waals surface area contributed by atoms with Crippen LogP contribution in [0.15, 0.2) is 47.2 Å². The Morgan fingerprint density at radius 2 is 1.88 bits per heavy atom. The van der Waals surface area contributed by atoms with E-state index in [-0.39, 0.29) is 17.2 Å². The molecular formula is C20H17ClN4. The molecule has 5 heteroatoms. The van der Waals surface area contributed by atoms with Crippen LogP contribution in [-0.2, 0) is 0 Å². The van der Waals surface area contributed by atoms with Crippen LogP contribution >= 0.6 is 11.6 Å². The minimum absolute atomic E-state index is 0.0435. The maximum atomic E-state index is 9.95. The van der Waals surface area contributed by atoms with Crippen LogP contribution in [0.5, 0.6) is 0 Å². The fourth-order valence-electron chi connectivity index (χ4n) is 4.15. The third-order valence-electron chi connectivity index (χ3n) is 5.35. The number of allylic oxidation sites excluding steroid dienone is 4. The predicted octanol–water partition coefficient (Wildman–Crippen LogP) is 4.18. The Morgan fingerprint density at radius 3 is 2.48 bits per heavy atom. The zero-order chi connectivity index (χ0) is 18.2. The Kier molecular flexibility index (Phi) is 4.30. The third-order valence-corrected chi connectivity index (χ3v) is 5.70. The van der Waals surface area contributed by atoms with E-state index in [9.17, 15) is 15.8 Å². The smallest absolute Gasteiger partial charge is 0.191 e. The summed E-state index contributed by atoms with van der Waals surface area (Å²) in [5, 5.41) is 30.0. The van der Waals surface area contributed by atoms with Gasteiger partial charge in [-0.2, -0.15) is 15.8 Å². The van der Waals surface area contributed by atoms with E-state index in [1.165, 1.54) is 0 Å². The first-order chi connectivity index (χ1) is 12.0. The Morgan fingerprint density at radius 1 is 1.20 bits per heavy atom. The molecule has 124 valence electrons. The van der Waals surface area contributed by atoms with Crippen molar-refractivity contribution in [2.75, 3.05) is 0 Å². The molecule has 2 N–H and O–H groups in total. The van der Waals surface area contributed by atoms with E-state index in [0.717, 1.165) is 24.0 Å². The molecule has 1 aromatic carbocycles. The van der Waals surface area contributed by atoms with Crippen molar-refractivity contribution in [2.24, 2.45) is 23.0 Å².